The number of hydrogen-bond acceptors (Lipinski definition) is 5. The predicted octanol–water partition coefficient (Wildman–Crippen LogP) is 2.00. The van der Waals surface area contributed by atoms with E-state index in [9.17, 15) is 0 Å². The van der Waals surface area contributed by atoms with E-state index in [0.29, 0.717) is 0 Å². The molecular formula is C11H9N5S. The first-order valence-electron chi connectivity index (χ1n) is 5.05. The highest BCUT2D eigenvalue weighted by molar-refractivity contribution is 7.13. The lowest BCUT2D eigenvalue weighted by molar-refractivity contribution is 0.772. The summed E-state index contributed by atoms with van der Waals surface area (Å²) in [5, 5.41) is 6.98. The van der Waals surface area contributed by atoms with E-state index in [1.807, 2.05) is 24.6 Å². The molecule has 0 unspecified atom stereocenters. The van der Waals surface area contributed by atoms with Crippen LogP contribution in [-0.4, -0.2) is 24.7 Å². The van der Waals surface area contributed by atoms with Gasteiger partial charge in [-0.15, -0.1) is 11.3 Å². The van der Waals surface area contributed by atoms with Gasteiger partial charge in [0.25, 0.3) is 0 Å². The third-order valence-electron chi connectivity index (χ3n) is 2.37. The van der Waals surface area contributed by atoms with E-state index in [1.165, 1.54) is 6.33 Å². The topological polar surface area (TPSA) is 56.5 Å². The molecule has 3 rings (SSSR count). The van der Waals surface area contributed by atoms with Crippen molar-refractivity contribution < 1.29 is 0 Å². The fraction of sp³-hybridized carbons (Fsp3) is 0.0909. The molecule has 0 radical (unpaired) electrons. The maximum Gasteiger partial charge on any atom is 0.177 e. The first kappa shape index (κ1) is 10.1. The second-order valence-corrected chi connectivity index (χ2v) is 4.34. The minimum Gasteiger partial charge on any atom is -0.265 e. The van der Waals surface area contributed by atoms with Gasteiger partial charge in [0.05, 0.1) is 0 Å². The lowest BCUT2D eigenvalue weighted by Crippen LogP contribution is -1.94. The van der Waals surface area contributed by atoms with Crippen molar-refractivity contribution in [1.29, 1.82) is 0 Å². The Morgan fingerprint density at radius 3 is 2.76 bits per heavy atom. The third kappa shape index (κ3) is 1.83. The minimum atomic E-state index is 0.779. The average molecular weight is 243 g/mol. The molecular weight excluding hydrogens is 234 g/mol. The van der Waals surface area contributed by atoms with Crippen LogP contribution < -0.4 is 0 Å². The maximum absolute atomic E-state index is 4.55. The van der Waals surface area contributed by atoms with Crippen LogP contribution in [0.3, 0.4) is 0 Å². The monoisotopic (exact) mass is 243 g/mol. The Labute approximate surface area is 102 Å². The number of thiazole rings is 1. The van der Waals surface area contributed by atoms with Crippen LogP contribution in [0, 0.1) is 0 Å². The number of hydrogen-bond donors (Lipinski definition) is 0. The van der Waals surface area contributed by atoms with Crippen LogP contribution in [0.4, 0.5) is 0 Å². The summed E-state index contributed by atoms with van der Waals surface area (Å²) in [5.74, 6) is 0.779. The van der Waals surface area contributed by atoms with Crippen LogP contribution in [0.25, 0.3) is 22.1 Å². The number of rotatable bonds is 2. The van der Waals surface area contributed by atoms with Gasteiger partial charge in [0.1, 0.15) is 17.0 Å². The van der Waals surface area contributed by atoms with Gasteiger partial charge in [-0.1, -0.05) is 0 Å². The zero-order chi connectivity index (χ0) is 11.7. The summed E-state index contributed by atoms with van der Waals surface area (Å²) < 4.78 is 1.71. The lowest BCUT2D eigenvalue weighted by atomic mass is 10.3. The Morgan fingerprint density at radius 2 is 2.06 bits per heavy atom. The Hall–Kier alpha value is -2.08. The summed E-state index contributed by atoms with van der Waals surface area (Å²) in [5.41, 5.74) is 1.92. The molecule has 0 N–H and O–H groups in total. The highest BCUT2D eigenvalue weighted by atomic mass is 32.1. The van der Waals surface area contributed by atoms with Crippen molar-refractivity contribution in [1.82, 2.24) is 24.7 Å². The van der Waals surface area contributed by atoms with Gasteiger partial charge in [0.15, 0.2) is 5.82 Å². The fourth-order valence-corrected chi connectivity index (χ4v) is 2.34. The Kier molecular flexibility index (Phi) is 2.41. The SMILES string of the molecule is Cn1ncnc1-c1csc(-c2ccncc2)n1. The summed E-state index contributed by atoms with van der Waals surface area (Å²) in [6.45, 7) is 0. The molecule has 0 spiro atoms. The van der Waals surface area contributed by atoms with Crippen molar-refractivity contribution in [3.63, 3.8) is 0 Å². The van der Waals surface area contributed by atoms with Crippen molar-refractivity contribution in [2.45, 2.75) is 0 Å². The van der Waals surface area contributed by atoms with Crippen LogP contribution >= 0.6 is 11.3 Å². The summed E-state index contributed by atoms with van der Waals surface area (Å²) in [4.78, 5) is 12.7. The second kappa shape index (κ2) is 4.06. The third-order valence-corrected chi connectivity index (χ3v) is 3.26. The Bertz CT molecular complexity index is 628. The van der Waals surface area contributed by atoms with E-state index in [4.69, 9.17) is 0 Å². The molecule has 0 aliphatic rings. The minimum absolute atomic E-state index is 0.779. The van der Waals surface area contributed by atoms with Gasteiger partial charge in [0.2, 0.25) is 0 Å². The molecule has 0 saturated heterocycles. The summed E-state index contributed by atoms with van der Waals surface area (Å²) in [7, 11) is 1.85. The van der Waals surface area contributed by atoms with Gasteiger partial charge < -0.3 is 0 Å². The van der Waals surface area contributed by atoms with Crippen LogP contribution in [0.5, 0.6) is 0 Å². The van der Waals surface area contributed by atoms with Crippen molar-refractivity contribution in [3.05, 3.63) is 36.2 Å². The molecule has 0 atom stereocenters. The second-order valence-electron chi connectivity index (χ2n) is 3.48. The van der Waals surface area contributed by atoms with E-state index >= 15 is 0 Å². The molecule has 6 heteroatoms. The molecule has 0 saturated carbocycles. The fourth-order valence-electron chi connectivity index (χ4n) is 1.53. The predicted molar refractivity (Wildman–Crippen MR) is 65.3 cm³/mol. The molecule has 0 bridgehead atoms. The molecule has 3 heterocycles. The van der Waals surface area contributed by atoms with Crippen LogP contribution in [0.1, 0.15) is 0 Å². The molecule has 0 aromatic carbocycles. The molecule has 0 aliphatic heterocycles. The molecule has 17 heavy (non-hydrogen) atoms. The molecule has 0 fully saturated rings. The normalized spacial score (nSPS) is 10.6. The van der Waals surface area contributed by atoms with Crippen molar-refractivity contribution in [2.75, 3.05) is 0 Å². The van der Waals surface area contributed by atoms with Gasteiger partial charge >= 0.3 is 0 Å². The van der Waals surface area contributed by atoms with Gasteiger partial charge in [0, 0.05) is 30.4 Å². The van der Waals surface area contributed by atoms with E-state index in [0.717, 1.165) is 22.1 Å². The van der Waals surface area contributed by atoms with Crippen LogP contribution in [-0.2, 0) is 7.05 Å². The largest absolute Gasteiger partial charge is 0.265 e. The van der Waals surface area contributed by atoms with Gasteiger partial charge in [-0.2, -0.15) is 5.10 Å². The van der Waals surface area contributed by atoms with Crippen molar-refractivity contribution in [2.24, 2.45) is 7.05 Å². The molecule has 0 amide bonds. The van der Waals surface area contributed by atoms with Crippen molar-refractivity contribution in [3.8, 4) is 22.1 Å². The molecule has 0 aliphatic carbocycles. The molecule has 3 aromatic rings. The Morgan fingerprint density at radius 1 is 1.24 bits per heavy atom. The van der Waals surface area contributed by atoms with Gasteiger partial charge in [-0.3, -0.25) is 4.98 Å². The number of nitrogens with zero attached hydrogens (tertiary/aromatic N) is 5. The quantitative estimate of drug-likeness (QED) is 0.690. The van der Waals surface area contributed by atoms with Gasteiger partial charge in [-0.05, 0) is 12.1 Å². The standard InChI is InChI=1S/C11H9N5S/c1-16-10(13-7-14-16)9-6-17-11(15-9)8-2-4-12-5-3-8/h2-7H,1H3. The first-order chi connectivity index (χ1) is 8.34. The highest BCUT2D eigenvalue weighted by Gasteiger charge is 2.10. The van der Waals surface area contributed by atoms with E-state index in [2.05, 4.69) is 20.1 Å². The molecule has 3 aromatic heterocycles. The lowest BCUT2D eigenvalue weighted by Gasteiger charge is -1.95. The summed E-state index contributed by atoms with van der Waals surface area (Å²) >= 11 is 1.59. The van der Waals surface area contributed by atoms with E-state index in [-0.39, 0.29) is 0 Å². The number of aryl methyl sites for hydroxylation is 1. The summed E-state index contributed by atoms with van der Waals surface area (Å²) in [6, 6.07) is 3.89. The van der Waals surface area contributed by atoms with Crippen LogP contribution in [0.15, 0.2) is 36.2 Å². The zero-order valence-electron chi connectivity index (χ0n) is 9.11. The highest BCUT2D eigenvalue weighted by Crippen LogP contribution is 2.26. The van der Waals surface area contributed by atoms with Crippen LogP contribution in [0.2, 0.25) is 0 Å². The average Bonchev–Trinajstić information content (AvgIpc) is 2.98. The van der Waals surface area contributed by atoms with E-state index in [1.54, 1.807) is 28.4 Å². The van der Waals surface area contributed by atoms with Gasteiger partial charge in [-0.25, -0.2) is 14.6 Å². The summed E-state index contributed by atoms with van der Waals surface area (Å²) in [6.07, 6.45) is 5.05. The molecule has 84 valence electrons. The number of pyridine rings is 1. The molecule has 5 nitrogen and oxygen atoms in total. The van der Waals surface area contributed by atoms with Crippen molar-refractivity contribution >= 4 is 11.3 Å². The number of aromatic nitrogens is 5. The maximum atomic E-state index is 4.55. The zero-order valence-corrected chi connectivity index (χ0v) is 9.92. The first-order valence-corrected chi connectivity index (χ1v) is 5.93. The Balaban J connectivity index is 2.02. The van der Waals surface area contributed by atoms with E-state index < -0.39 is 0 Å². The smallest absolute Gasteiger partial charge is 0.177 e.